The van der Waals surface area contributed by atoms with Gasteiger partial charge in [-0.1, -0.05) is 17.7 Å². The quantitative estimate of drug-likeness (QED) is 0.800. The van der Waals surface area contributed by atoms with Gasteiger partial charge >= 0.3 is 0 Å². The molecule has 0 unspecified atom stereocenters. The van der Waals surface area contributed by atoms with Crippen molar-refractivity contribution in [3.63, 3.8) is 0 Å². The number of pyridine rings is 1. The van der Waals surface area contributed by atoms with Crippen molar-refractivity contribution < 1.29 is 0 Å². The predicted octanol–water partition coefficient (Wildman–Crippen LogP) is 2.35. The van der Waals surface area contributed by atoms with Gasteiger partial charge in [-0.2, -0.15) is 0 Å². The van der Waals surface area contributed by atoms with Gasteiger partial charge in [0.2, 0.25) is 0 Å². The van der Waals surface area contributed by atoms with E-state index in [4.69, 9.17) is 17.3 Å². The molecule has 0 radical (unpaired) electrons. The first kappa shape index (κ1) is 11.4. The van der Waals surface area contributed by atoms with Crippen LogP contribution in [0, 0.1) is 0 Å². The van der Waals surface area contributed by atoms with E-state index in [2.05, 4.69) is 16.5 Å². The Balaban J connectivity index is 2.26. The lowest BCUT2D eigenvalue weighted by Gasteiger charge is -2.23. The highest BCUT2D eigenvalue weighted by molar-refractivity contribution is 6.33. The summed E-state index contributed by atoms with van der Waals surface area (Å²) in [6.07, 6.45) is 6.10. The number of hydrogen-bond donors (Lipinski definition) is 1. The zero-order valence-corrected chi connectivity index (χ0v) is 9.95. The molecule has 3 nitrogen and oxygen atoms in total. The Kier molecular flexibility index (Phi) is 3.46. The molecule has 1 heterocycles. The molecule has 1 fully saturated rings. The van der Waals surface area contributed by atoms with Gasteiger partial charge in [-0.05, 0) is 24.5 Å². The maximum atomic E-state index is 6.22. The van der Waals surface area contributed by atoms with Crippen LogP contribution < -0.4 is 10.6 Å². The Labute approximate surface area is 101 Å². The van der Waals surface area contributed by atoms with E-state index in [0.29, 0.717) is 17.6 Å². The molecule has 0 aromatic carbocycles. The molecule has 1 aromatic rings. The minimum absolute atomic E-state index is 0.470. The van der Waals surface area contributed by atoms with Crippen LogP contribution in [0.3, 0.4) is 0 Å². The molecule has 0 aliphatic heterocycles. The SMILES string of the molecule is C=CCN(c1ncc(CN)cc1Cl)C1CC1. The Hall–Kier alpha value is -1.06. The molecule has 0 saturated heterocycles. The summed E-state index contributed by atoms with van der Waals surface area (Å²) in [5, 5.41) is 0.678. The monoisotopic (exact) mass is 237 g/mol. The number of aromatic nitrogens is 1. The maximum Gasteiger partial charge on any atom is 0.147 e. The second-order valence-corrected chi connectivity index (χ2v) is 4.43. The van der Waals surface area contributed by atoms with Crippen molar-refractivity contribution >= 4 is 17.4 Å². The van der Waals surface area contributed by atoms with Crippen LogP contribution in [0.5, 0.6) is 0 Å². The highest BCUT2D eigenvalue weighted by atomic mass is 35.5. The van der Waals surface area contributed by atoms with Crippen molar-refractivity contribution in [1.82, 2.24) is 4.98 Å². The summed E-state index contributed by atoms with van der Waals surface area (Å²) in [5.41, 5.74) is 6.51. The average molecular weight is 238 g/mol. The molecule has 1 aliphatic rings. The van der Waals surface area contributed by atoms with Crippen molar-refractivity contribution in [1.29, 1.82) is 0 Å². The van der Waals surface area contributed by atoms with Gasteiger partial charge in [-0.15, -0.1) is 6.58 Å². The van der Waals surface area contributed by atoms with Crippen LogP contribution in [0.25, 0.3) is 0 Å². The van der Waals surface area contributed by atoms with E-state index >= 15 is 0 Å². The Bertz CT molecular complexity index is 388. The van der Waals surface area contributed by atoms with Gasteiger partial charge in [-0.25, -0.2) is 4.98 Å². The van der Waals surface area contributed by atoms with Crippen molar-refractivity contribution in [2.75, 3.05) is 11.4 Å². The minimum Gasteiger partial charge on any atom is -0.349 e. The fourth-order valence-electron chi connectivity index (χ4n) is 1.73. The first-order valence-corrected chi connectivity index (χ1v) is 5.86. The van der Waals surface area contributed by atoms with Crippen molar-refractivity contribution in [3.8, 4) is 0 Å². The van der Waals surface area contributed by atoms with E-state index in [1.165, 1.54) is 12.8 Å². The Morgan fingerprint density at radius 1 is 1.62 bits per heavy atom. The number of rotatable bonds is 5. The molecule has 86 valence electrons. The molecular weight excluding hydrogens is 222 g/mol. The number of nitrogens with zero attached hydrogens (tertiary/aromatic N) is 2. The Morgan fingerprint density at radius 3 is 2.88 bits per heavy atom. The molecule has 1 aromatic heterocycles. The first-order chi connectivity index (χ1) is 7.76. The van der Waals surface area contributed by atoms with Crippen LogP contribution in [-0.2, 0) is 6.54 Å². The summed E-state index contributed by atoms with van der Waals surface area (Å²) in [6, 6.07) is 2.47. The lowest BCUT2D eigenvalue weighted by molar-refractivity contribution is 0.839. The molecule has 16 heavy (non-hydrogen) atoms. The molecule has 1 saturated carbocycles. The van der Waals surface area contributed by atoms with Crippen molar-refractivity contribution in [2.24, 2.45) is 5.73 Å². The largest absolute Gasteiger partial charge is 0.349 e. The topological polar surface area (TPSA) is 42.2 Å². The summed E-state index contributed by atoms with van der Waals surface area (Å²) >= 11 is 6.22. The van der Waals surface area contributed by atoms with Crippen LogP contribution in [-0.4, -0.2) is 17.6 Å². The fourth-order valence-corrected chi connectivity index (χ4v) is 2.02. The third kappa shape index (κ3) is 2.36. The summed E-state index contributed by atoms with van der Waals surface area (Å²) in [6.45, 7) is 5.03. The summed E-state index contributed by atoms with van der Waals surface area (Å²) in [5.74, 6) is 0.848. The molecule has 0 amide bonds. The number of nitrogens with two attached hydrogens (primary N) is 1. The van der Waals surface area contributed by atoms with Crippen molar-refractivity contribution in [2.45, 2.75) is 25.4 Å². The van der Waals surface area contributed by atoms with Crippen LogP contribution in [0.15, 0.2) is 24.9 Å². The molecule has 4 heteroatoms. The summed E-state index contributed by atoms with van der Waals surface area (Å²) in [4.78, 5) is 6.60. The number of halogens is 1. The van der Waals surface area contributed by atoms with E-state index in [0.717, 1.165) is 17.9 Å². The molecule has 2 rings (SSSR count). The number of hydrogen-bond acceptors (Lipinski definition) is 3. The predicted molar refractivity (Wildman–Crippen MR) is 67.7 cm³/mol. The average Bonchev–Trinajstić information content (AvgIpc) is 3.10. The van der Waals surface area contributed by atoms with Gasteiger partial charge < -0.3 is 10.6 Å². The van der Waals surface area contributed by atoms with Gasteiger partial charge in [-0.3, -0.25) is 0 Å². The highest BCUT2D eigenvalue weighted by Gasteiger charge is 2.30. The molecule has 2 N–H and O–H groups in total. The molecular formula is C12H16ClN3. The second-order valence-electron chi connectivity index (χ2n) is 4.03. The lowest BCUT2D eigenvalue weighted by Crippen LogP contribution is -2.27. The molecule has 0 atom stereocenters. The molecule has 0 spiro atoms. The van der Waals surface area contributed by atoms with E-state index < -0.39 is 0 Å². The Morgan fingerprint density at radius 2 is 2.38 bits per heavy atom. The normalized spacial score (nSPS) is 14.9. The van der Waals surface area contributed by atoms with E-state index in [1.807, 2.05) is 12.1 Å². The van der Waals surface area contributed by atoms with Crippen LogP contribution >= 0.6 is 11.6 Å². The maximum absolute atomic E-state index is 6.22. The third-order valence-electron chi connectivity index (χ3n) is 2.70. The van der Waals surface area contributed by atoms with Gasteiger partial charge in [0.15, 0.2) is 0 Å². The fraction of sp³-hybridized carbons (Fsp3) is 0.417. The highest BCUT2D eigenvalue weighted by Crippen LogP contribution is 2.34. The van der Waals surface area contributed by atoms with Gasteiger partial charge in [0.25, 0.3) is 0 Å². The zero-order valence-electron chi connectivity index (χ0n) is 9.19. The molecule has 0 bridgehead atoms. The van der Waals surface area contributed by atoms with Crippen LogP contribution in [0.2, 0.25) is 5.02 Å². The van der Waals surface area contributed by atoms with E-state index in [1.54, 1.807) is 6.20 Å². The third-order valence-corrected chi connectivity index (χ3v) is 2.98. The van der Waals surface area contributed by atoms with Crippen LogP contribution in [0.1, 0.15) is 18.4 Å². The lowest BCUT2D eigenvalue weighted by atomic mass is 10.2. The van der Waals surface area contributed by atoms with E-state index in [-0.39, 0.29) is 0 Å². The van der Waals surface area contributed by atoms with Gasteiger partial charge in [0.1, 0.15) is 5.82 Å². The van der Waals surface area contributed by atoms with Crippen LogP contribution in [0.4, 0.5) is 5.82 Å². The van der Waals surface area contributed by atoms with Crippen molar-refractivity contribution in [3.05, 3.63) is 35.5 Å². The summed E-state index contributed by atoms with van der Waals surface area (Å²) in [7, 11) is 0. The van der Waals surface area contributed by atoms with Gasteiger partial charge in [0.05, 0.1) is 5.02 Å². The van der Waals surface area contributed by atoms with E-state index in [9.17, 15) is 0 Å². The standard InChI is InChI=1S/C12H16ClN3/c1-2-5-16(10-3-4-10)12-11(13)6-9(7-14)8-15-12/h2,6,8,10H,1,3-5,7,14H2. The zero-order chi connectivity index (χ0) is 11.5. The first-order valence-electron chi connectivity index (χ1n) is 5.48. The summed E-state index contributed by atoms with van der Waals surface area (Å²) < 4.78 is 0. The smallest absolute Gasteiger partial charge is 0.147 e. The molecule has 1 aliphatic carbocycles. The minimum atomic E-state index is 0.470. The second kappa shape index (κ2) is 4.85. The van der Waals surface area contributed by atoms with Gasteiger partial charge in [0, 0.05) is 25.3 Å². The number of anilines is 1.